The van der Waals surface area contributed by atoms with Crippen LogP contribution in [0.4, 0.5) is 5.69 Å². The molecule has 1 amide bonds. The maximum Gasteiger partial charge on any atom is 0.337 e. The fourth-order valence-corrected chi connectivity index (χ4v) is 4.61. The molecule has 8 heteroatoms. The molecule has 0 bridgehead atoms. The molecule has 1 aromatic heterocycles. The molecule has 2 heterocycles. The van der Waals surface area contributed by atoms with Crippen LogP contribution < -0.4 is 9.64 Å². The molecule has 1 aliphatic rings. The Labute approximate surface area is 210 Å². The summed E-state index contributed by atoms with van der Waals surface area (Å²) in [5.41, 5.74) is 4.83. The second-order valence-electron chi connectivity index (χ2n) is 7.99. The predicted molar refractivity (Wildman–Crippen MR) is 136 cm³/mol. The van der Waals surface area contributed by atoms with Crippen LogP contribution in [-0.2, 0) is 4.74 Å². The number of aromatic nitrogens is 2. The third-order valence-electron chi connectivity index (χ3n) is 5.96. The molecule has 5 rings (SSSR count). The van der Waals surface area contributed by atoms with Crippen molar-refractivity contribution in [3.63, 3.8) is 0 Å². The molecule has 0 aliphatic carbocycles. The maximum atomic E-state index is 13.6. The highest BCUT2D eigenvalue weighted by atomic mass is 79.9. The van der Waals surface area contributed by atoms with E-state index < -0.39 is 12.0 Å². The SMILES string of the molecule is CCOc1ccc(-c2n[nH]c3c2C(c2ccc(C(=O)OC)cc2)N(c2ccc(Br)cc2)C3=O)cc1. The van der Waals surface area contributed by atoms with Gasteiger partial charge in [-0.3, -0.25) is 14.8 Å². The molecule has 7 nitrogen and oxygen atoms in total. The van der Waals surface area contributed by atoms with Gasteiger partial charge in [-0.25, -0.2) is 4.79 Å². The first kappa shape index (κ1) is 22.9. The Balaban J connectivity index is 1.64. The smallest absolute Gasteiger partial charge is 0.337 e. The van der Waals surface area contributed by atoms with E-state index in [9.17, 15) is 9.59 Å². The van der Waals surface area contributed by atoms with E-state index >= 15 is 0 Å². The number of esters is 1. The first-order chi connectivity index (χ1) is 17.0. The van der Waals surface area contributed by atoms with Crippen molar-refractivity contribution in [2.75, 3.05) is 18.6 Å². The van der Waals surface area contributed by atoms with Crippen LogP contribution in [0.15, 0.2) is 77.3 Å². The Bertz CT molecular complexity index is 1380. The number of halogens is 1. The Hall–Kier alpha value is -3.91. The van der Waals surface area contributed by atoms with Crippen molar-refractivity contribution in [1.82, 2.24) is 10.2 Å². The number of hydrogen-bond donors (Lipinski definition) is 1. The number of benzene rings is 3. The maximum absolute atomic E-state index is 13.6. The van der Waals surface area contributed by atoms with Crippen molar-refractivity contribution in [1.29, 1.82) is 0 Å². The summed E-state index contributed by atoms with van der Waals surface area (Å²) in [7, 11) is 1.35. The van der Waals surface area contributed by atoms with Crippen molar-refractivity contribution in [3.05, 3.63) is 99.7 Å². The molecule has 0 spiro atoms. The van der Waals surface area contributed by atoms with Crippen LogP contribution in [0, 0.1) is 0 Å². The van der Waals surface area contributed by atoms with E-state index in [1.165, 1.54) is 7.11 Å². The van der Waals surface area contributed by atoms with Gasteiger partial charge in [0.25, 0.3) is 5.91 Å². The fourth-order valence-electron chi connectivity index (χ4n) is 4.35. The van der Waals surface area contributed by atoms with Crippen LogP contribution >= 0.6 is 15.9 Å². The number of anilines is 1. The molecule has 0 saturated heterocycles. The van der Waals surface area contributed by atoms with Gasteiger partial charge >= 0.3 is 5.97 Å². The second-order valence-corrected chi connectivity index (χ2v) is 8.90. The summed E-state index contributed by atoms with van der Waals surface area (Å²) in [5, 5.41) is 7.48. The highest BCUT2D eigenvalue weighted by Gasteiger charge is 2.43. The topological polar surface area (TPSA) is 84.5 Å². The summed E-state index contributed by atoms with van der Waals surface area (Å²) in [6, 6.07) is 21.9. The lowest BCUT2D eigenvalue weighted by molar-refractivity contribution is 0.0600. The number of amides is 1. The highest BCUT2D eigenvalue weighted by molar-refractivity contribution is 9.10. The number of carbonyl (C=O) groups excluding carboxylic acids is 2. The number of fused-ring (bicyclic) bond motifs is 1. The molecule has 1 aliphatic heterocycles. The Morgan fingerprint density at radius 2 is 1.71 bits per heavy atom. The predicted octanol–water partition coefficient (Wildman–Crippen LogP) is 5.77. The standard InChI is InChI=1S/C27H22BrN3O4/c1-3-35-21-14-8-16(9-15-21)23-22-24(30-29-23)26(32)31(20-12-10-19(28)11-13-20)25(22)17-4-6-18(7-5-17)27(33)34-2/h4-15,25H,3H2,1-2H3,(H,29,30). The van der Waals surface area contributed by atoms with Gasteiger partial charge in [0.05, 0.1) is 31.0 Å². The van der Waals surface area contributed by atoms with Gasteiger partial charge in [0.1, 0.15) is 11.4 Å². The van der Waals surface area contributed by atoms with Crippen LogP contribution in [0.2, 0.25) is 0 Å². The lowest BCUT2D eigenvalue weighted by Gasteiger charge is -2.26. The number of rotatable bonds is 6. The van der Waals surface area contributed by atoms with E-state index in [-0.39, 0.29) is 5.91 Å². The molecule has 0 radical (unpaired) electrons. The number of methoxy groups -OCH3 is 1. The molecule has 176 valence electrons. The number of nitrogens with one attached hydrogen (secondary N) is 1. The Kier molecular flexibility index (Phi) is 6.13. The fraction of sp³-hybridized carbons (Fsp3) is 0.148. The van der Waals surface area contributed by atoms with Crippen LogP contribution in [0.5, 0.6) is 5.75 Å². The minimum absolute atomic E-state index is 0.172. The zero-order valence-corrected chi connectivity index (χ0v) is 20.7. The number of H-pyrrole nitrogens is 1. The quantitative estimate of drug-likeness (QED) is 0.319. The zero-order valence-electron chi connectivity index (χ0n) is 19.1. The van der Waals surface area contributed by atoms with Crippen LogP contribution in [0.3, 0.4) is 0 Å². The number of nitrogens with zero attached hydrogens (tertiary/aromatic N) is 2. The molecule has 35 heavy (non-hydrogen) atoms. The Morgan fingerprint density at radius 1 is 1.03 bits per heavy atom. The monoisotopic (exact) mass is 531 g/mol. The minimum Gasteiger partial charge on any atom is -0.494 e. The summed E-state index contributed by atoms with van der Waals surface area (Å²) in [6.45, 7) is 2.52. The normalized spacial score (nSPS) is 14.7. The number of hydrogen-bond acceptors (Lipinski definition) is 5. The number of ether oxygens (including phenoxy) is 2. The van der Waals surface area contributed by atoms with Crippen LogP contribution in [0.25, 0.3) is 11.3 Å². The summed E-state index contributed by atoms with van der Waals surface area (Å²) >= 11 is 3.46. The summed E-state index contributed by atoms with van der Waals surface area (Å²) in [5.74, 6) is 0.183. The summed E-state index contributed by atoms with van der Waals surface area (Å²) < 4.78 is 11.3. The van der Waals surface area contributed by atoms with E-state index in [2.05, 4.69) is 26.1 Å². The molecule has 0 saturated carbocycles. The van der Waals surface area contributed by atoms with Crippen molar-refractivity contribution in [3.8, 4) is 17.0 Å². The molecule has 1 atom stereocenters. The molecule has 3 aromatic carbocycles. The third kappa shape index (κ3) is 4.10. The second kappa shape index (κ2) is 9.38. The lowest BCUT2D eigenvalue weighted by Crippen LogP contribution is -2.29. The molecule has 4 aromatic rings. The van der Waals surface area contributed by atoms with Crippen molar-refractivity contribution < 1.29 is 19.1 Å². The van der Waals surface area contributed by atoms with Crippen LogP contribution in [-0.4, -0.2) is 35.8 Å². The van der Waals surface area contributed by atoms with E-state index in [1.807, 2.05) is 67.6 Å². The van der Waals surface area contributed by atoms with E-state index in [4.69, 9.17) is 9.47 Å². The van der Waals surface area contributed by atoms with Gasteiger partial charge in [0.15, 0.2) is 0 Å². The Morgan fingerprint density at radius 3 is 2.34 bits per heavy atom. The van der Waals surface area contributed by atoms with Gasteiger partial charge in [0, 0.05) is 21.3 Å². The largest absolute Gasteiger partial charge is 0.494 e. The first-order valence-corrected chi connectivity index (χ1v) is 11.9. The van der Waals surface area contributed by atoms with Gasteiger partial charge in [0.2, 0.25) is 0 Å². The van der Waals surface area contributed by atoms with Crippen LogP contribution in [0.1, 0.15) is 44.9 Å². The van der Waals surface area contributed by atoms with Crippen molar-refractivity contribution in [2.45, 2.75) is 13.0 Å². The molecule has 1 unspecified atom stereocenters. The minimum atomic E-state index is -0.439. The van der Waals surface area contributed by atoms with Gasteiger partial charge in [-0.2, -0.15) is 5.10 Å². The molecular weight excluding hydrogens is 510 g/mol. The highest BCUT2D eigenvalue weighted by Crippen LogP contribution is 2.45. The van der Waals surface area contributed by atoms with Gasteiger partial charge < -0.3 is 9.47 Å². The molecule has 0 fully saturated rings. The lowest BCUT2D eigenvalue weighted by atomic mass is 9.95. The van der Waals surface area contributed by atoms with Gasteiger partial charge in [-0.1, -0.05) is 28.1 Å². The number of aromatic amines is 1. The van der Waals surface area contributed by atoms with Gasteiger partial charge in [-0.15, -0.1) is 0 Å². The summed E-state index contributed by atoms with van der Waals surface area (Å²) in [6.07, 6.45) is 0. The average Bonchev–Trinajstić information content (AvgIpc) is 3.44. The average molecular weight is 532 g/mol. The van der Waals surface area contributed by atoms with Crippen molar-refractivity contribution >= 4 is 33.5 Å². The molecule has 1 N–H and O–H groups in total. The molecular formula is C27H22BrN3O4. The third-order valence-corrected chi connectivity index (χ3v) is 6.49. The first-order valence-electron chi connectivity index (χ1n) is 11.1. The summed E-state index contributed by atoms with van der Waals surface area (Å²) in [4.78, 5) is 27.3. The van der Waals surface area contributed by atoms with E-state index in [0.717, 1.165) is 32.6 Å². The zero-order chi connectivity index (χ0) is 24.5. The van der Waals surface area contributed by atoms with Crippen molar-refractivity contribution in [2.24, 2.45) is 0 Å². The van der Waals surface area contributed by atoms with E-state index in [1.54, 1.807) is 17.0 Å². The number of carbonyl (C=O) groups is 2. The van der Waals surface area contributed by atoms with Gasteiger partial charge in [-0.05, 0) is 73.2 Å². The van der Waals surface area contributed by atoms with E-state index in [0.29, 0.717) is 23.6 Å².